The molecule has 1 aromatic carbocycles. The summed E-state index contributed by atoms with van der Waals surface area (Å²) in [5, 5.41) is 4.10. The molecule has 0 radical (unpaired) electrons. The van der Waals surface area contributed by atoms with Crippen molar-refractivity contribution in [3.63, 3.8) is 0 Å². The van der Waals surface area contributed by atoms with Crippen molar-refractivity contribution in [2.75, 3.05) is 0 Å². The minimum Gasteiger partial charge on any atom is -0.292 e. The fraction of sp³-hybridized carbons (Fsp3) is 0.231. The molecule has 0 amide bonds. The second kappa shape index (κ2) is 5.44. The number of carbonyl (C=O) groups excluding carboxylic acids is 1. The number of hydrogen-bond acceptors (Lipinski definition) is 2. The van der Waals surface area contributed by atoms with Crippen molar-refractivity contribution in [1.29, 1.82) is 0 Å². The summed E-state index contributed by atoms with van der Waals surface area (Å²) < 4.78 is 2.70. The zero-order valence-corrected chi connectivity index (χ0v) is 11.7. The molecular formula is C13H13IN2O. The maximum absolute atomic E-state index is 12.0. The number of carbonyl (C=O) groups is 1. The van der Waals surface area contributed by atoms with Crippen LogP contribution in [-0.2, 0) is 13.0 Å². The fourth-order valence-corrected chi connectivity index (χ4v) is 2.04. The van der Waals surface area contributed by atoms with E-state index in [0.29, 0.717) is 6.54 Å². The van der Waals surface area contributed by atoms with Crippen LogP contribution < -0.4 is 0 Å². The highest BCUT2D eigenvalue weighted by molar-refractivity contribution is 14.1. The van der Waals surface area contributed by atoms with Crippen LogP contribution in [-0.4, -0.2) is 15.6 Å². The Hall–Kier alpha value is -1.17. The maximum Gasteiger partial charge on any atom is 0.184 e. The molecule has 2 aromatic rings. The number of aromatic nitrogens is 2. The molecule has 0 N–H and O–H groups in total. The molecule has 4 heteroatoms. The highest BCUT2D eigenvalue weighted by Crippen LogP contribution is 2.08. The molecule has 0 saturated heterocycles. The highest BCUT2D eigenvalue weighted by atomic mass is 127. The average molecular weight is 340 g/mol. The van der Waals surface area contributed by atoms with Gasteiger partial charge in [0.05, 0.1) is 9.77 Å². The Kier molecular flexibility index (Phi) is 3.93. The number of hydrogen-bond donors (Lipinski definition) is 0. The lowest BCUT2D eigenvalue weighted by atomic mass is 10.1. The monoisotopic (exact) mass is 340 g/mol. The molecular weight excluding hydrogens is 327 g/mol. The number of ketones is 1. The Morgan fingerprint density at radius 3 is 2.59 bits per heavy atom. The third-order valence-electron chi connectivity index (χ3n) is 2.59. The summed E-state index contributed by atoms with van der Waals surface area (Å²) in [6.07, 6.45) is 4.60. The Bertz CT molecular complexity index is 516. The largest absolute Gasteiger partial charge is 0.292 e. The SMILES string of the molecule is CCc1ccc(C(=O)Cn2cc(I)cn2)cc1. The van der Waals surface area contributed by atoms with Gasteiger partial charge in [-0.2, -0.15) is 5.10 Å². The Morgan fingerprint density at radius 1 is 1.35 bits per heavy atom. The molecule has 0 aliphatic rings. The number of nitrogens with zero attached hydrogens (tertiary/aromatic N) is 2. The van der Waals surface area contributed by atoms with E-state index in [-0.39, 0.29) is 5.78 Å². The summed E-state index contributed by atoms with van der Waals surface area (Å²) in [7, 11) is 0. The van der Waals surface area contributed by atoms with E-state index in [0.717, 1.165) is 15.6 Å². The van der Waals surface area contributed by atoms with Crippen molar-refractivity contribution in [3.8, 4) is 0 Å². The summed E-state index contributed by atoms with van der Waals surface area (Å²) in [5.74, 6) is 0.0900. The summed E-state index contributed by atoms with van der Waals surface area (Å²) in [6, 6.07) is 7.77. The second-order valence-corrected chi connectivity index (χ2v) is 5.08. The van der Waals surface area contributed by atoms with Gasteiger partial charge in [-0.15, -0.1) is 0 Å². The summed E-state index contributed by atoms with van der Waals surface area (Å²) in [5.41, 5.74) is 1.99. The lowest BCUT2D eigenvalue weighted by Crippen LogP contribution is -2.10. The number of aryl methyl sites for hydroxylation is 1. The van der Waals surface area contributed by atoms with Crippen molar-refractivity contribution >= 4 is 28.4 Å². The molecule has 1 heterocycles. The Balaban J connectivity index is 2.09. The van der Waals surface area contributed by atoms with Crippen molar-refractivity contribution in [3.05, 3.63) is 51.4 Å². The van der Waals surface area contributed by atoms with Crippen molar-refractivity contribution in [2.24, 2.45) is 0 Å². The third-order valence-corrected chi connectivity index (χ3v) is 3.15. The van der Waals surface area contributed by atoms with E-state index in [1.165, 1.54) is 5.56 Å². The van der Waals surface area contributed by atoms with Crippen LogP contribution in [0, 0.1) is 3.57 Å². The van der Waals surface area contributed by atoms with E-state index in [2.05, 4.69) is 34.6 Å². The predicted molar refractivity (Wildman–Crippen MR) is 75.1 cm³/mol. The summed E-state index contributed by atoms with van der Waals surface area (Å²) >= 11 is 2.18. The molecule has 0 unspecified atom stereocenters. The first-order valence-electron chi connectivity index (χ1n) is 5.49. The van der Waals surface area contributed by atoms with Gasteiger partial charge in [0.15, 0.2) is 5.78 Å². The Labute approximate surface area is 114 Å². The molecule has 0 spiro atoms. The highest BCUT2D eigenvalue weighted by Gasteiger charge is 2.07. The standard InChI is InChI=1S/C13H13IN2O/c1-2-10-3-5-11(6-4-10)13(17)9-16-8-12(14)7-15-16/h3-8H,2,9H2,1H3. The molecule has 1 aromatic heterocycles. The number of halogens is 1. The van der Waals surface area contributed by atoms with E-state index in [4.69, 9.17) is 0 Å². The average Bonchev–Trinajstić information content (AvgIpc) is 2.75. The molecule has 0 fully saturated rings. The molecule has 0 bridgehead atoms. The first kappa shape index (κ1) is 12.3. The zero-order chi connectivity index (χ0) is 12.3. The van der Waals surface area contributed by atoms with Crippen LogP contribution in [0.2, 0.25) is 0 Å². The number of benzene rings is 1. The summed E-state index contributed by atoms with van der Waals surface area (Å²) in [6.45, 7) is 2.40. The fourth-order valence-electron chi connectivity index (χ4n) is 1.59. The van der Waals surface area contributed by atoms with Crippen molar-refractivity contribution in [1.82, 2.24) is 9.78 Å². The number of Topliss-reactive ketones (excluding diaryl/α,β-unsaturated/α-hetero) is 1. The molecule has 0 atom stereocenters. The quantitative estimate of drug-likeness (QED) is 0.634. The second-order valence-electron chi connectivity index (χ2n) is 3.83. The zero-order valence-electron chi connectivity index (χ0n) is 9.56. The van der Waals surface area contributed by atoms with E-state index in [1.807, 2.05) is 30.5 Å². The van der Waals surface area contributed by atoms with Gasteiger partial charge in [-0.25, -0.2) is 0 Å². The molecule has 3 nitrogen and oxygen atoms in total. The lowest BCUT2D eigenvalue weighted by molar-refractivity contribution is 0.0967. The Morgan fingerprint density at radius 2 is 2.06 bits per heavy atom. The van der Waals surface area contributed by atoms with Crippen LogP contribution in [0.5, 0.6) is 0 Å². The molecule has 2 rings (SSSR count). The van der Waals surface area contributed by atoms with Crippen LogP contribution >= 0.6 is 22.6 Å². The van der Waals surface area contributed by atoms with Crippen LogP contribution in [0.15, 0.2) is 36.7 Å². The topological polar surface area (TPSA) is 34.9 Å². The summed E-state index contributed by atoms with van der Waals surface area (Å²) in [4.78, 5) is 12.0. The molecule has 0 aliphatic heterocycles. The first-order chi connectivity index (χ1) is 8.19. The van der Waals surface area contributed by atoms with Gasteiger partial charge in [-0.05, 0) is 34.6 Å². The smallest absolute Gasteiger partial charge is 0.184 e. The van der Waals surface area contributed by atoms with Crippen LogP contribution in [0.1, 0.15) is 22.8 Å². The van der Waals surface area contributed by atoms with Crippen LogP contribution in [0.3, 0.4) is 0 Å². The first-order valence-corrected chi connectivity index (χ1v) is 6.57. The van der Waals surface area contributed by atoms with Gasteiger partial charge in [0, 0.05) is 11.8 Å². The van der Waals surface area contributed by atoms with E-state index < -0.39 is 0 Å². The van der Waals surface area contributed by atoms with Gasteiger partial charge >= 0.3 is 0 Å². The van der Waals surface area contributed by atoms with E-state index in [9.17, 15) is 4.79 Å². The van der Waals surface area contributed by atoms with Gasteiger partial charge in [0.2, 0.25) is 0 Å². The normalized spacial score (nSPS) is 10.5. The molecule has 17 heavy (non-hydrogen) atoms. The van der Waals surface area contributed by atoms with E-state index in [1.54, 1.807) is 10.9 Å². The van der Waals surface area contributed by atoms with Crippen molar-refractivity contribution in [2.45, 2.75) is 19.9 Å². The van der Waals surface area contributed by atoms with Gasteiger partial charge in [-0.3, -0.25) is 9.48 Å². The van der Waals surface area contributed by atoms with E-state index >= 15 is 0 Å². The third kappa shape index (κ3) is 3.15. The van der Waals surface area contributed by atoms with Crippen LogP contribution in [0.25, 0.3) is 0 Å². The lowest BCUT2D eigenvalue weighted by Gasteiger charge is -2.02. The predicted octanol–water partition coefficient (Wildman–Crippen LogP) is 2.93. The van der Waals surface area contributed by atoms with Gasteiger partial charge in [-0.1, -0.05) is 31.2 Å². The maximum atomic E-state index is 12.0. The van der Waals surface area contributed by atoms with Gasteiger partial charge in [0.25, 0.3) is 0 Å². The van der Waals surface area contributed by atoms with Gasteiger partial charge < -0.3 is 0 Å². The van der Waals surface area contributed by atoms with Gasteiger partial charge in [0.1, 0.15) is 6.54 Å². The van der Waals surface area contributed by atoms with Crippen molar-refractivity contribution < 1.29 is 4.79 Å². The molecule has 0 aliphatic carbocycles. The minimum atomic E-state index is 0.0900. The van der Waals surface area contributed by atoms with Crippen LogP contribution in [0.4, 0.5) is 0 Å². The molecule has 88 valence electrons. The minimum absolute atomic E-state index is 0.0900. The number of rotatable bonds is 4. The molecule has 0 saturated carbocycles.